The van der Waals surface area contributed by atoms with E-state index in [2.05, 4.69) is 22.0 Å². The Bertz CT molecular complexity index is 848. The molecule has 2 aromatic carbocycles. The van der Waals surface area contributed by atoms with Crippen LogP contribution in [0.25, 0.3) is 0 Å². The number of rotatable bonds is 5. The first-order chi connectivity index (χ1) is 12.4. The maximum Gasteiger partial charge on any atom is 0.255 e. The fraction of sp³-hybridized carbons (Fsp3) is 0.158. The van der Waals surface area contributed by atoms with Gasteiger partial charge in [0, 0.05) is 36.5 Å². The topological polar surface area (TPSA) is 111 Å². The highest BCUT2D eigenvalue weighted by atomic mass is 16.2. The zero-order valence-electron chi connectivity index (χ0n) is 14.4. The van der Waals surface area contributed by atoms with E-state index in [9.17, 15) is 14.4 Å². The maximum absolute atomic E-state index is 12.5. The summed E-state index contributed by atoms with van der Waals surface area (Å²) in [6, 6.07) is 13.6. The van der Waals surface area contributed by atoms with Crippen LogP contribution in [0.4, 0.5) is 17.1 Å². The van der Waals surface area contributed by atoms with Gasteiger partial charge in [-0.05, 0) is 35.9 Å². The summed E-state index contributed by atoms with van der Waals surface area (Å²) in [5.41, 5.74) is 2.51. The lowest BCUT2D eigenvalue weighted by Crippen LogP contribution is -2.15. The number of nitriles is 1. The van der Waals surface area contributed by atoms with Crippen LogP contribution in [-0.2, 0) is 16.0 Å². The highest BCUT2D eigenvalue weighted by Gasteiger charge is 2.11. The molecule has 0 fully saturated rings. The van der Waals surface area contributed by atoms with Crippen molar-refractivity contribution in [1.82, 2.24) is 0 Å². The van der Waals surface area contributed by atoms with Crippen LogP contribution in [0.3, 0.4) is 0 Å². The van der Waals surface area contributed by atoms with Gasteiger partial charge in [-0.15, -0.1) is 0 Å². The Morgan fingerprint density at radius 1 is 0.846 bits per heavy atom. The zero-order chi connectivity index (χ0) is 19.1. The second kappa shape index (κ2) is 8.44. The molecule has 26 heavy (non-hydrogen) atoms. The van der Waals surface area contributed by atoms with E-state index in [1.54, 1.807) is 30.3 Å². The van der Waals surface area contributed by atoms with Crippen molar-refractivity contribution in [1.29, 1.82) is 5.26 Å². The Kier molecular flexibility index (Phi) is 6.06. The molecule has 0 bridgehead atoms. The number of benzene rings is 2. The Hall–Kier alpha value is -3.66. The van der Waals surface area contributed by atoms with Crippen LogP contribution in [0.2, 0.25) is 0 Å². The molecule has 3 N–H and O–H groups in total. The van der Waals surface area contributed by atoms with Crippen LogP contribution in [0.1, 0.15) is 29.8 Å². The van der Waals surface area contributed by atoms with E-state index in [-0.39, 0.29) is 17.4 Å². The van der Waals surface area contributed by atoms with Crippen molar-refractivity contribution in [2.24, 2.45) is 0 Å². The van der Waals surface area contributed by atoms with E-state index in [0.717, 1.165) is 5.56 Å². The molecule has 0 aliphatic carbocycles. The molecule has 0 aliphatic heterocycles. The molecule has 7 heteroatoms. The second-order valence-electron chi connectivity index (χ2n) is 5.65. The molecule has 2 aromatic rings. The quantitative estimate of drug-likeness (QED) is 0.770. The third kappa shape index (κ3) is 5.46. The highest BCUT2D eigenvalue weighted by molar-refractivity contribution is 6.06. The number of nitrogens with one attached hydrogen (secondary N) is 3. The smallest absolute Gasteiger partial charge is 0.255 e. The van der Waals surface area contributed by atoms with Gasteiger partial charge in [-0.3, -0.25) is 14.4 Å². The van der Waals surface area contributed by atoms with Crippen molar-refractivity contribution in [2.75, 3.05) is 16.0 Å². The van der Waals surface area contributed by atoms with Gasteiger partial charge in [0.1, 0.15) is 0 Å². The van der Waals surface area contributed by atoms with E-state index in [1.807, 2.05) is 0 Å². The molecular weight excluding hydrogens is 332 g/mol. The largest absolute Gasteiger partial charge is 0.326 e. The standard InChI is InChI=1S/C19H18N4O3/c1-12(24)21-17-9-15(10-18(11-17)22-13(2)25)19(26)23-16-5-3-14(4-6-16)7-8-20/h3-6,9-11H,7H2,1-2H3,(H,21,24)(H,22,25)(H,23,26). The zero-order valence-corrected chi connectivity index (χ0v) is 14.4. The number of anilines is 3. The van der Waals surface area contributed by atoms with E-state index < -0.39 is 5.91 Å². The third-order valence-corrected chi connectivity index (χ3v) is 3.33. The van der Waals surface area contributed by atoms with Crippen molar-refractivity contribution in [2.45, 2.75) is 20.3 Å². The monoisotopic (exact) mass is 350 g/mol. The predicted octanol–water partition coefficient (Wildman–Crippen LogP) is 2.92. The maximum atomic E-state index is 12.5. The number of carbonyl (C=O) groups excluding carboxylic acids is 3. The van der Waals surface area contributed by atoms with Gasteiger partial charge in [-0.2, -0.15) is 5.26 Å². The number of amides is 3. The number of nitrogens with zero attached hydrogens (tertiary/aromatic N) is 1. The van der Waals surface area contributed by atoms with E-state index >= 15 is 0 Å². The summed E-state index contributed by atoms with van der Waals surface area (Å²) in [6.45, 7) is 2.71. The third-order valence-electron chi connectivity index (χ3n) is 3.33. The summed E-state index contributed by atoms with van der Waals surface area (Å²) in [6.07, 6.45) is 0.299. The van der Waals surface area contributed by atoms with E-state index in [0.29, 0.717) is 23.5 Å². The van der Waals surface area contributed by atoms with Crippen LogP contribution in [0.15, 0.2) is 42.5 Å². The molecule has 0 aliphatic rings. The van der Waals surface area contributed by atoms with Crippen molar-refractivity contribution in [3.8, 4) is 6.07 Å². The van der Waals surface area contributed by atoms with Crippen molar-refractivity contribution in [3.05, 3.63) is 53.6 Å². The summed E-state index contributed by atoms with van der Waals surface area (Å²) in [5.74, 6) is -0.967. The lowest BCUT2D eigenvalue weighted by molar-refractivity contribution is -0.115. The van der Waals surface area contributed by atoms with Gasteiger partial charge in [0.2, 0.25) is 11.8 Å². The van der Waals surface area contributed by atoms with Gasteiger partial charge in [-0.25, -0.2) is 0 Å². The molecule has 0 heterocycles. The summed E-state index contributed by atoms with van der Waals surface area (Å²) in [4.78, 5) is 35.1. The fourth-order valence-electron chi connectivity index (χ4n) is 2.31. The Labute approximate surface area is 151 Å². The summed E-state index contributed by atoms with van der Waals surface area (Å²) in [5, 5.41) is 16.6. The number of hydrogen-bond donors (Lipinski definition) is 3. The Morgan fingerprint density at radius 3 is 1.85 bits per heavy atom. The SMILES string of the molecule is CC(=O)Nc1cc(NC(C)=O)cc(C(=O)Nc2ccc(CC#N)cc2)c1. The van der Waals surface area contributed by atoms with Crippen LogP contribution in [0.5, 0.6) is 0 Å². The minimum atomic E-state index is -0.392. The lowest BCUT2D eigenvalue weighted by Gasteiger charge is -2.11. The molecule has 7 nitrogen and oxygen atoms in total. The van der Waals surface area contributed by atoms with Crippen molar-refractivity contribution in [3.63, 3.8) is 0 Å². The minimum absolute atomic E-state index is 0.279. The normalized spacial score (nSPS) is 9.73. The minimum Gasteiger partial charge on any atom is -0.326 e. The number of hydrogen-bond acceptors (Lipinski definition) is 4. The van der Waals surface area contributed by atoms with Gasteiger partial charge in [-0.1, -0.05) is 12.1 Å². The number of carbonyl (C=O) groups is 3. The predicted molar refractivity (Wildman–Crippen MR) is 98.8 cm³/mol. The molecule has 0 radical (unpaired) electrons. The summed E-state index contributed by atoms with van der Waals surface area (Å²) < 4.78 is 0. The highest BCUT2D eigenvalue weighted by Crippen LogP contribution is 2.21. The molecule has 0 saturated heterocycles. The van der Waals surface area contributed by atoms with Gasteiger partial charge in [0.25, 0.3) is 5.91 Å². The first kappa shape index (κ1) is 18.7. The van der Waals surface area contributed by atoms with E-state index in [4.69, 9.17) is 5.26 Å². The molecule has 0 aromatic heterocycles. The summed E-state index contributed by atoms with van der Waals surface area (Å²) in [7, 11) is 0. The molecule has 0 atom stereocenters. The molecule has 0 saturated carbocycles. The van der Waals surface area contributed by atoms with Gasteiger partial charge in [0.05, 0.1) is 12.5 Å². The average Bonchev–Trinajstić information content (AvgIpc) is 2.55. The molecular formula is C19H18N4O3. The molecule has 132 valence electrons. The van der Waals surface area contributed by atoms with Crippen LogP contribution in [-0.4, -0.2) is 17.7 Å². The van der Waals surface area contributed by atoms with Crippen molar-refractivity contribution >= 4 is 34.8 Å². The molecule has 0 spiro atoms. The van der Waals surface area contributed by atoms with Gasteiger partial charge >= 0.3 is 0 Å². The van der Waals surface area contributed by atoms with Crippen LogP contribution >= 0.6 is 0 Å². The lowest BCUT2D eigenvalue weighted by atomic mass is 10.1. The van der Waals surface area contributed by atoms with Gasteiger partial charge in [0.15, 0.2) is 0 Å². The Balaban J connectivity index is 2.24. The summed E-state index contributed by atoms with van der Waals surface area (Å²) >= 11 is 0. The van der Waals surface area contributed by atoms with Crippen LogP contribution in [0, 0.1) is 11.3 Å². The average molecular weight is 350 g/mol. The molecule has 0 unspecified atom stereocenters. The van der Waals surface area contributed by atoms with Crippen molar-refractivity contribution < 1.29 is 14.4 Å². The van der Waals surface area contributed by atoms with Gasteiger partial charge < -0.3 is 16.0 Å². The second-order valence-corrected chi connectivity index (χ2v) is 5.65. The fourth-order valence-corrected chi connectivity index (χ4v) is 2.31. The van der Waals surface area contributed by atoms with Crippen LogP contribution < -0.4 is 16.0 Å². The molecule has 3 amide bonds. The first-order valence-electron chi connectivity index (χ1n) is 7.85. The molecule has 2 rings (SSSR count). The Morgan fingerprint density at radius 2 is 1.38 bits per heavy atom. The first-order valence-corrected chi connectivity index (χ1v) is 7.85. The van der Waals surface area contributed by atoms with E-state index in [1.165, 1.54) is 26.0 Å².